The molecule has 2 aromatic rings. The second-order valence-electron chi connectivity index (χ2n) is 6.78. The van der Waals surface area contributed by atoms with Gasteiger partial charge in [-0.15, -0.1) is 0 Å². The van der Waals surface area contributed by atoms with Crippen LogP contribution < -0.4 is 14.4 Å². The number of benzene rings is 1. The van der Waals surface area contributed by atoms with Gasteiger partial charge in [-0.2, -0.15) is 0 Å². The zero-order valence-corrected chi connectivity index (χ0v) is 16.2. The Morgan fingerprint density at radius 3 is 2.71 bits per heavy atom. The fourth-order valence-corrected chi connectivity index (χ4v) is 3.53. The van der Waals surface area contributed by atoms with E-state index in [2.05, 4.69) is 9.88 Å². The minimum atomic E-state index is -0.0725. The number of aromatic nitrogens is 2. The number of hydrogen-bond donors (Lipinski definition) is 0. The highest BCUT2D eigenvalue weighted by Gasteiger charge is 2.26. The van der Waals surface area contributed by atoms with Crippen LogP contribution in [-0.2, 0) is 17.7 Å². The van der Waals surface area contributed by atoms with E-state index < -0.39 is 0 Å². The van der Waals surface area contributed by atoms with Crippen LogP contribution >= 0.6 is 0 Å². The predicted molar refractivity (Wildman–Crippen MR) is 103 cm³/mol. The summed E-state index contributed by atoms with van der Waals surface area (Å²) >= 11 is 0. The molecular weight excluding hydrogens is 360 g/mol. The summed E-state index contributed by atoms with van der Waals surface area (Å²) in [5.41, 5.74) is 2.53. The lowest BCUT2D eigenvalue weighted by Gasteiger charge is -2.31. The molecule has 1 aromatic heterocycles. The molecule has 0 unspecified atom stereocenters. The summed E-state index contributed by atoms with van der Waals surface area (Å²) in [4.78, 5) is 26.3. The number of ether oxygens (including phenoxy) is 3. The number of fused-ring (bicyclic) bond motifs is 1. The Balaban J connectivity index is 1.55. The second kappa shape index (κ2) is 8.02. The molecule has 0 saturated carbocycles. The van der Waals surface area contributed by atoms with Crippen LogP contribution in [0.4, 0.5) is 5.95 Å². The maximum atomic E-state index is 13.1. The van der Waals surface area contributed by atoms with Crippen molar-refractivity contribution in [3.63, 3.8) is 0 Å². The predicted octanol–water partition coefficient (Wildman–Crippen LogP) is 1.53. The third-order valence-electron chi connectivity index (χ3n) is 5.15. The Kier molecular flexibility index (Phi) is 5.29. The highest BCUT2D eigenvalue weighted by atomic mass is 16.5. The van der Waals surface area contributed by atoms with Gasteiger partial charge >= 0.3 is 0 Å². The molecule has 148 valence electrons. The van der Waals surface area contributed by atoms with Crippen molar-refractivity contribution in [2.45, 2.75) is 13.0 Å². The van der Waals surface area contributed by atoms with E-state index in [4.69, 9.17) is 19.2 Å². The van der Waals surface area contributed by atoms with Gasteiger partial charge in [-0.1, -0.05) is 0 Å². The molecule has 1 fully saturated rings. The van der Waals surface area contributed by atoms with Crippen LogP contribution in [0.1, 0.15) is 21.6 Å². The molecule has 0 radical (unpaired) electrons. The van der Waals surface area contributed by atoms with Crippen LogP contribution in [0.15, 0.2) is 24.4 Å². The SMILES string of the molecule is COc1ccc(C(=O)N2CCc3cnc(N4CCOCC4)nc3C2)c(OC)c1. The number of rotatable bonds is 4. The second-order valence-corrected chi connectivity index (χ2v) is 6.78. The summed E-state index contributed by atoms with van der Waals surface area (Å²) in [5, 5.41) is 0. The summed E-state index contributed by atoms with van der Waals surface area (Å²) in [7, 11) is 3.14. The normalized spacial score (nSPS) is 16.5. The molecule has 3 heterocycles. The lowest BCUT2D eigenvalue weighted by molar-refractivity contribution is 0.0728. The van der Waals surface area contributed by atoms with E-state index in [1.54, 1.807) is 32.4 Å². The van der Waals surface area contributed by atoms with Crippen molar-refractivity contribution in [3.05, 3.63) is 41.2 Å². The molecule has 0 atom stereocenters. The number of hydrogen-bond acceptors (Lipinski definition) is 7. The van der Waals surface area contributed by atoms with E-state index in [0.717, 1.165) is 30.8 Å². The molecule has 2 aliphatic rings. The minimum Gasteiger partial charge on any atom is -0.497 e. The first kappa shape index (κ1) is 18.5. The number of nitrogens with zero attached hydrogens (tertiary/aromatic N) is 4. The molecule has 1 aromatic carbocycles. The zero-order chi connectivity index (χ0) is 19.5. The third kappa shape index (κ3) is 3.60. The summed E-state index contributed by atoms with van der Waals surface area (Å²) in [6.45, 7) is 4.02. The van der Waals surface area contributed by atoms with Crippen molar-refractivity contribution in [2.24, 2.45) is 0 Å². The van der Waals surface area contributed by atoms with Crippen LogP contribution in [0.3, 0.4) is 0 Å². The van der Waals surface area contributed by atoms with E-state index in [1.807, 2.05) is 11.1 Å². The van der Waals surface area contributed by atoms with Crippen LogP contribution in [0.2, 0.25) is 0 Å². The smallest absolute Gasteiger partial charge is 0.257 e. The third-order valence-corrected chi connectivity index (χ3v) is 5.15. The topological polar surface area (TPSA) is 77.0 Å². The van der Waals surface area contributed by atoms with Crippen LogP contribution in [0, 0.1) is 0 Å². The number of amides is 1. The fraction of sp³-hybridized carbons (Fsp3) is 0.450. The molecule has 0 aliphatic carbocycles. The molecule has 8 nitrogen and oxygen atoms in total. The number of morpholine rings is 1. The highest BCUT2D eigenvalue weighted by Crippen LogP contribution is 2.28. The highest BCUT2D eigenvalue weighted by molar-refractivity contribution is 5.97. The minimum absolute atomic E-state index is 0.0725. The average molecular weight is 384 g/mol. The van der Waals surface area contributed by atoms with E-state index in [1.165, 1.54) is 0 Å². The summed E-state index contributed by atoms with van der Waals surface area (Å²) in [6.07, 6.45) is 2.63. The molecule has 4 rings (SSSR count). The van der Waals surface area contributed by atoms with Crippen LogP contribution in [0.5, 0.6) is 11.5 Å². The van der Waals surface area contributed by atoms with Crippen LogP contribution in [0.25, 0.3) is 0 Å². The Labute approximate surface area is 164 Å². The number of methoxy groups -OCH3 is 2. The van der Waals surface area contributed by atoms with Crippen molar-refractivity contribution < 1.29 is 19.0 Å². The van der Waals surface area contributed by atoms with Gasteiger partial charge in [-0.25, -0.2) is 9.97 Å². The van der Waals surface area contributed by atoms with E-state index in [-0.39, 0.29) is 5.91 Å². The number of carbonyl (C=O) groups excluding carboxylic acids is 1. The number of carbonyl (C=O) groups is 1. The van der Waals surface area contributed by atoms with Crippen molar-refractivity contribution in [1.29, 1.82) is 0 Å². The molecular formula is C20H24N4O4. The molecule has 2 aliphatic heterocycles. The average Bonchev–Trinajstić information content (AvgIpc) is 2.78. The molecule has 1 saturated heterocycles. The Hall–Kier alpha value is -2.87. The first-order valence-corrected chi connectivity index (χ1v) is 9.38. The fourth-order valence-electron chi connectivity index (χ4n) is 3.53. The lowest BCUT2D eigenvalue weighted by Crippen LogP contribution is -2.39. The summed E-state index contributed by atoms with van der Waals surface area (Å²) < 4.78 is 16.0. The quantitative estimate of drug-likeness (QED) is 0.791. The molecule has 28 heavy (non-hydrogen) atoms. The molecule has 0 bridgehead atoms. The standard InChI is InChI=1S/C20H24N4O4/c1-26-15-3-4-16(18(11-15)27-2)19(25)24-6-5-14-12-21-20(22-17(14)13-24)23-7-9-28-10-8-23/h3-4,11-12H,5-10,13H2,1-2H3. The van der Waals surface area contributed by atoms with Gasteiger partial charge in [0.2, 0.25) is 5.95 Å². The summed E-state index contributed by atoms with van der Waals surface area (Å²) in [5.74, 6) is 1.79. The van der Waals surface area contributed by atoms with Gasteiger partial charge in [0.05, 0.1) is 45.2 Å². The van der Waals surface area contributed by atoms with Gasteiger partial charge in [0.15, 0.2) is 0 Å². The van der Waals surface area contributed by atoms with Gasteiger partial charge in [0, 0.05) is 31.9 Å². The van der Waals surface area contributed by atoms with Gasteiger partial charge in [-0.3, -0.25) is 4.79 Å². The lowest BCUT2D eigenvalue weighted by atomic mass is 10.1. The van der Waals surface area contributed by atoms with Gasteiger partial charge < -0.3 is 24.0 Å². The molecule has 0 spiro atoms. The van der Waals surface area contributed by atoms with Gasteiger partial charge in [0.25, 0.3) is 5.91 Å². The van der Waals surface area contributed by atoms with Crippen molar-refractivity contribution in [3.8, 4) is 11.5 Å². The van der Waals surface area contributed by atoms with Crippen molar-refractivity contribution in [1.82, 2.24) is 14.9 Å². The molecule has 0 N–H and O–H groups in total. The van der Waals surface area contributed by atoms with Crippen molar-refractivity contribution >= 4 is 11.9 Å². The monoisotopic (exact) mass is 384 g/mol. The van der Waals surface area contributed by atoms with E-state index >= 15 is 0 Å². The Morgan fingerprint density at radius 1 is 1.14 bits per heavy atom. The molecule has 1 amide bonds. The number of anilines is 1. The summed E-state index contributed by atoms with van der Waals surface area (Å²) in [6, 6.07) is 5.24. The van der Waals surface area contributed by atoms with Gasteiger partial charge in [-0.05, 0) is 24.1 Å². The van der Waals surface area contributed by atoms with Gasteiger partial charge in [0.1, 0.15) is 11.5 Å². The Morgan fingerprint density at radius 2 is 1.96 bits per heavy atom. The zero-order valence-electron chi connectivity index (χ0n) is 16.2. The van der Waals surface area contributed by atoms with Crippen LogP contribution in [-0.4, -0.2) is 67.8 Å². The first-order chi connectivity index (χ1) is 13.7. The van der Waals surface area contributed by atoms with E-state index in [9.17, 15) is 4.79 Å². The largest absolute Gasteiger partial charge is 0.497 e. The maximum absolute atomic E-state index is 13.1. The van der Waals surface area contributed by atoms with Crippen molar-refractivity contribution in [2.75, 3.05) is 52.0 Å². The first-order valence-electron chi connectivity index (χ1n) is 9.38. The maximum Gasteiger partial charge on any atom is 0.257 e. The molecule has 8 heteroatoms. The van der Waals surface area contributed by atoms with E-state index in [0.29, 0.717) is 49.3 Å². The Bertz CT molecular complexity index is 867.